The van der Waals surface area contributed by atoms with Crippen molar-refractivity contribution in [3.05, 3.63) is 0 Å². The van der Waals surface area contributed by atoms with E-state index in [4.69, 9.17) is 12.6 Å². The molecule has 0 aromatic carbocycles. The quantitative estimate of drug-likeness (QED) is 0.277. The standard InChI is InChI=1S/C3H8BOP/c4-3-5-1-2-6/h1-3,6H2. The lowest BCUT2D eigenvalue weighted by Gasteiger charge is -1.91. The van der Waals surface area contributed by atoms with Gasteiger partial charge in [0.25, 0.3) is 0 Å². The summed E-state index contributed by atoms with van der Waals surface area (Å²) in [6, 6.07) is 0. The Labute approximate surface area is 42.1 Å². The van der Waals surface area contributed by atoms with E-state index in [0.29, 0.717) is 6.51 Å². The third kappa shape index (κ3) is 4.45. The van der Waals surface area contributed by atoms with E-state index in [2.05, 4.69) is 9.24 Å². The molecule has 0 aliphatic carbocycles. The van der Waals surface area contributed by atoms with Crippen LogP contribution < -0.4 is 0 Å². The molecule has 0 aromatic rings. The molecule has 1 atom stereocenters. The Morgan fingerprint density at radius 2 is 2.33 bits per heavy atom. The molecule has 34 valence electrons. The molecule has 1 unspecified atom stereocenters. The molecule has 2 radical (unpaired) electrons. The van der Waals surface area contributed by atoms with Crippen molar-refractivity contribution in [1.82, 2.24) is 0 Å². The molecular formula is C3H8BOP. The van der Waals surface area contributed by atoms with E-state index < -0.39 is 0 Å². The van der Waals surface area contributed by atoms with Crippen LogP contribution in [0.15, 0.2) is 0 Å². The Balaban J connectivity index is 2.34. The van der Waals surface area contributed by atoms with E-state index in [1.165, 1.54) is 0 Å². The van der Waals surface area contributed by atoms with Crippen molar-refractivity contribution in [2.24, 2.45) is 0 Å². The maximum Gasteiger partial charge on any atom is 0.104 e. The lowest BCUT2D eigenvalue weighted by atomic mass is 10.2. The van der Waals surface area contributed by atoms with Gasteiger partial charge in [-0.15, -0.1) is 9.24 Å². The molecule has 0 spiro atoms. The monoisotopic (exact) mass is 102 g/mol. The maximum atomic E-state index is 4.98. The predicted octanol–water partition coefficient (Wildman–Crippen LogP) is 0.00410. The van der Waals surface area contributed by atoms with Gasteiger partial charge in [-0.3, -0.25) is 0 Å². The Kier molecular flexibility index (Phi) is 5.87. The van der Waals surface area contributed by atoms with Crippen molar-refractivity contribution in [2.75, 3.05) is 19.3 Å². The first-order chi connectivity index (χ1) is 2.91. The molecule has 0 saturated carbocycles. The van der Waals surface area contributed by atoms with Gasteiger partial charge in [-0.25, -0.2) is 0 Å². The lowest BCUT2D eigenvalue weighted by Crippen LogP contribution is -1.95. The van der Waals surface area contributed by atoms with Crippen LogP contribution in [-0.4, -0.2) is 27.1 Å². The fourth-order valence-corrected chi connectivity index (χ4v) is 0.333. The summed E-state index contributed by atoms with van der Waals surface area (Å²) >= 11 is 0. The Morgan fingerprint density at radius 3 is 2.50 bits per heavy atom. The third-order valence-electron chi connectivity index (χ3n) is 0.380. The zero-order valence-electron chi connectivity index (χ0n) is 3.68. The molecule has 0 N–H and O–H groups in total. The molecule has 0 heterocycles. The van der Waals surface area contributed by atoms with E-state index in [1.54, 1.807) is 0 Å². The second-order valence-electron chi connectivity index (χ2n) is 0.864. The summed E-state index contributed by atoms with van der Waals surface area (Å²) in [7, 11) is 7.53. The van der Waals surface area contributed by atoms with Crippen LogP contribution in [-0.2, 0) is 4.74 Å². The van der Waals surface area contributed by atoms with Gasteiger partial charge in [0.2, 0.25) is 0 Å². The second-order valence-corrected chi connectivity index (χ2v) is 1.44. The topological polar surface area (TPSA) is 9.23 Å². The Bertz CT molecular complexity index is 22.8. The van der Waals surface area contributed by atoms with Crippen LogP contribution in [0, 0.1) is 0 Å². The highest BCUT2D eigenvalue weighted by molar-refractivity contribution is 7.16. The molecule has 0 aliphatic rings. The molecule has 6 heavy (non-hydrogen) atoms. The maximum absolute atomic E-state index is 4.98. The summed E-state index contributed by atoms with van der Waals surface area (Å²) in [5.41, 5.74) is 0. The molecule has 1 nitrogen and oxygen atoms in total. The predicted molar refractivity (Wildman–Crippen MR) is 31.1 cm³/mol. The highest BCUT2D eigenvalue weighted by Gasteiger charge is 1.72. The zero-order chi connectivity index (χ0) is 4.83. The summed E-state index contributed by atoms with van der Waals surface area (Å²) in [5.74, 6) is 0. The van der Waals surface area contributed by atoms with Gasteiger partial charge in [-0.1, -0.05) is 0 Å². The van der Waals surface area contributed by atoms with Crippen molar-refractivity contribution in [3.8, 4) is 0 Å². The highest BCUT2D eigenvalue weighted by atomic mass is 31.0. The molecule has 0 aliphatic heterocycles. The van der Waals surface area contributed by atoms with Crippen LogP contribution in [0.5, 0.6) is 0 Å². The van der Waals surface area contributed by atoms with Crippen LogP contribution in [0.3, 0.4) is 0 Å². The van der Waals surface area contributed by atoms with E-state index in [9.17, 15) is 0 Å². The van der Waals surface area contributed by atoms with Gasteiger partial charge < -0.3 is 4.74 Å². The van der Waals surface area contributed by atoms with E-state index >= 15 is 0 Å². The SMILES string of the molecule is [B]COCCP. The van der Waals surface area contributed by atoms with Gasteiger partial charge in [0.1, 0.15) is 7.85 Å². The molecule has 3 heteroatoms. The van der Waals surface area contributed by atoms with Crippen LogP contribution >= 0.6 is 9.24 Å². The number of hydrogen-bond acceptors (Lipinski definition) is 1. The molecular weight excluding hydrogens is 93.8 g/mol. The molecule has 0 bridgehead atoms. The van der Waals surface area contributed by atoms with Crippen molar-refractivity contribution in [1.29, 1.82) is 0 Å². The second kappa shape index (κ2) is 5.45. The molecule has 0 fully saturated rings. The van der Waals surface area contributed by atoms with Gasteiger partial charge in [0.15, 0.2) is 0 Å². The Hall–Kier alpha value is 0.455. The minimum Gasteiger partial charge on any atom is -0.391 e. The van der Waals surface area contributed by atoms with Gasteiger partial charge in [-0.05, 0) is 6.16 Å². The van der Waals surface area contributed by atoms with Gasteiger partial charge in [-0.2, -0.15) is 0 Å². The van der Waals surface area contributed by atoms with Crippen LogP contribution in [0.25, 0.3) is 0 Å². The van der Waals surface area contributed by atoms with E-state index in [0.717, 1.165) is 12.8 Å². The van der Waals surface area contributed by atoms with Crippen molar-refractivity contribution in [3.63, 3.8) is 0 Å². The average molecular weight is 102 g/mol. The number of ether oxygens (including phenoxy) is 1. The number of rotatable bonds is 3. The van der Waals surface area contributed by atoms with Gasteiger partial charge >= 0.3 is 0 Å². The summed E-state index contributed by atoms with van der Waals surface area (Å²) in [5, 5.41) is 0. The first kappa shape index (κ1) is 6.45. The van der Waals surface area contributed by atoms with Crippen molar-refractivity contribution >= 4 is 17.1 Å². The lowest BCUT2D eigenvalue weighted by molar-refractivity contribution is 0.197. The number of hydrogen-bond donors (Lipinski definition) is 0. The minimum atomic E-state index is 0.342. The summed E-state index contributed by atoms with van der Waals surface area (Å²) in [4.78, 5) is 0. The molecule has 0 saturated heterocycles. The molecule has 0 rings (SSSR count). The summed E-state index contributed by atoms with van der Waals surface area (Å²) in [6.45, 7) is 1.09. The van der Waals surface area contributed by atoms with Gasteiger partial charge in [0.05, 0.1) is 0 Å². The smallest absolute Gasteiger partial charge is 0.104 e. The van der Waals surface area contributed by atoms with E-state index in [-0.39, 0.29) is 0 Å². The first-order valence-corrected chi connectivity index (χ1v) is 2.71. The van der Waals surface area contributed by atoms with Crippen LogP contribution in [0.1, 0.15) is 0 Å². The highest BCUT2D eigenvalue weighted by Crippen LogP contribution is 1.78. The summed E-state index contributed by atoms with van der Waals surface area (Å²) in [6.07, 6.45) is 0.969. The van der Waals surface area contributed by atoms with E-state index in [1.807, 2.05) is 0 Å². The van der Waals surface area contributed by atoms with Gasteiger partial charge in [0, 0.05) is 13.1 Å². The fraction of sp³-hybridized carbons (Fsp3) is 1.00. The van der Waals surface area contributed by atoms with Crippen molar-refractivity contribution in [2.45, 2.75) is 0 Å². The molecule has 0 aromatic heterocycles. The largest absolute Gasteiger partial charge is 0.391 e. The third-order valence-corrected chi connectivity index (χ3v) is 0.616. The minimum absolute atomic E-state index is 0.342. The Morgan fingerprint density at radius 1 is 1.67 bits per heavy atom. The van der Waals surface area contributed by atoms with Crippen molar-refractivity contribution < 1.29 is 4.74 Å². The summed E-state index contributed by atoms with van der Waals surface area (Å²) < 4.78 is 4.74. The zero-order valence-corrected chi connectivity index (χ0v) is 4.84. The van der Waals surface area contributed by atoms with Crippen LogP contribution in [0.2, 0.25) is 0 Å². The average Bonchev–Trinajstić information content (AvgIpc) is 1.61. The molecule has 0 amide bonds. The normalized spacial score (nSPS) is 8.83. The first-order valence-electron chi connectivity index (χ1n) is 1.89. The fourth-order valence-electron chi connectivity index (χ4n) is 0.167. The van der Waals surface area contributed by atoms with Crippen LogP contribution in [0.4, 0.5) is 0 Å².